The fourth-order valence-corrected chi connectivity index (χ4v) is 0.136. The molecular formula is C2H6N2O4. The molecule has 0 aromatic rings. The molecule has 0 fully saturated rings. The normalized spacial score (nSPS) is 12.9. The van der Waals surface area contributed by atoms with Gasteiger partial charge >= 0.3 is 0 Å². The van der Waals surface area contributed by atoms with Gasteiger partial charge in [0.25, 0.3) is 0 Å². The average Bonchev–Trinajstić information content (AvgIpc) is 1.64. The minimum atomic E-state index is -1.47. The summed E-state index contributed by atoms with van der Waals surface area (Å²) in [6.07, 6.45) is -1.47. The van der Waals surface area contributed by atoms with Crippen molar-refractivity contribution in [1.29, 1.82) is 0 Å². The second-order valence-electron chi connectivity index (χ2n) is 1.19. The number of aliphatic hydroxyl groups excluding tert-OH is 1. The van der Waals surface area contributed by atoms with E-state index in [0.29, 0.717) is 0 Å². The number of hydrogen-bond donors (Lipinski definition) is 2. The van der Waals surface area contributed by atoms with Crippen LogP contribution in [0, 0.1) is 10.1 Å². The van der Waals surface area contributed by atoms with E-state index >= 15 is 0 Å². The molecule has 0 aliphatic heterocycles. The number of nitro groups is 1. The summed E-state index contributed by atoms with van der Waals surface area (Å²) in [7, 11) is 0. The summed E-state index contributed by atoms with van der Waals surface area (Å²) in [4.78, 5) is 9.46. The Hall–Kier alpha value is -0.880. The minimum Gasteiger partial charge on any atom is -0.367 e. The molecular weight excluding hydrogens is 116 g/mol. The molecule has 8 heavy (non-hydrogen) atoms. The number of hydrazine groups is 1. The quantitative estimate of drug-likeness (QED) is 0.284. The fraction of sp³-hybridized carbons (Fsp3) is 1.00. The number of hydroxylamine groups is 1. The van der Waals surface area contributed by atoms with Crippen molar-refractivity contribution in [2.45, 2.75) is 13.2 Å². The largest absolute Gasteiger partial charge is 0.367 e. The van der Waals surface area contributed by atoms with Gasteiger partial charge in [0, 0.05) is 5.17 Å². The van der Waals surface area contributed by atoms with Crippen LogP contribution < -0.4 is 0 Å². The Morgan fingerprint density at radius 1 is 1.88 bits per heavy atom. The van der Waals surface area contributed by atoms with Gasteiger partial charge in [-0.3, -0.25) is 0 Å². The Labute approximate surface area is 45.0 Å². The number of nitrogens with zero attached hydrogens (tertiary/aromatic N) is 2. The Morgan fingerprint density at radius 3 is 2.25 bits per heavy atom. The Kier molecular flexibility index (Phi) is 2.17. The molecule has 0 saturated carbocycles. The van der Waals surface area contributed by atoms with Crippen molar-refractivity contribution in [3.8, 4) is 0 Å². The smallest absolute Gasteiger partial charge is 0.212 e. The van der Waals surface area contributed by atoms with Gasteiger partial charge in [-0.1, -0.05) is 0 Å². The number of rotatable bonds is 2. The molecule has 0 aromatic heterocycles. The van der Waals surface area contributed by atoms with Crippen LogP contribution in [0.3, 0.4) is 0 Å². The predicted octanol–water partition coefficient (Wildman–Crippen LogP) is -0.792. The van der Waals surface area contributed by atoms with Crippen LogP contribution in [0.2, 0.25) is 0 Å². The zero-order chi connectivity index (χ0) is 6.73. The average molecular weight is 122 g/mol. The molecule has 0 radical (unpaired) electrons. The van der Waals surface area contributed by atoms with Gasteiger partial charge in [0.1, 0.15) is 0 Å². The lowest BCUT2D eigenvalue weighted by molar-refractivity contribution is -0.746. The third-order valence-electron chi connectivity index (χ3n) is 0.502. The van der Waals surface area contributed by atoms with Gasteiger partial charge in [0.2, 0.25) is 6.23 Å². The van der Waals surface area contributed by atoms with Gasteiger partial charge in [-0.05, 0) is 6.92 Å². The predicted molar refractivity (Wildman–Crippen MR) is 22.3 cm³/mol. The monoisotopic (exact) mass is 122 g/mol. The van der Waals surface area contributed by atoms with Crippen molar-refractivity contribution >= 4 is 0 Å². The molecule has 48 valence electrons. The van der Waals surface area contributed by atoms with Crippen LogP contribution in [0.15, 0.2) is 0 Å². The van der Waals surface area contributed by atoms with E-state index in [2.05, 4.69) is 0 Å². The first-order chi connectivity index (χ1) is 3.55. The molecule has 2 N–H and O–H groups in total. The molecule has 0 aromatic carbocycles. The molecule has 0 aliphatic rings. The maximum Gasteiger partial charge on any atom is 0.212 e. The van der Waals surface area contributed by atoms with Crippen LogP contribution in [-0.2, 0) is 0 Å². The number of hydrogen-bond acceptors (Lipinski definition) is 4. The summed E-state index contributed by atoms with van der Waals surface area (Å²) in [5.74, 6) is 0. The van der Waals surface area contributed by atoms with E-state index in [1.807, 2.05) is 0 Å². The van der Waals surface area contributed by atoms with Gasteiger partial charge < -0.3 is 5.11 Å². The van der Waals surface area contributed by atoms with E-state index < -0.39 is 11.3 Å². The zero-order valence-corrected chi connectivity index (χ0v) is 4.18. The van der Waals surface area contributed by atoms with Crippen molar-refractivity contribution in [2.24, 2.45) is 0 Å². The van der Waals surface area contributed by atoms with Crippen LogP contribution in [0.5, 0.6) is 0 Å². The van der Waals surface area contributed by atoms with Gasteiger partial charge in [0.05, 0.1) is 0 Å². The molecule has 0 rings (SSSR count). The first-order valence-corrected chi connectivity index (χ1v) is 1.86. The molecule has 6 nitrogen and oxygen atoms in total. The summed E-state index contributed by atoms with van der Waals surface area (Å²) in [6, 6.07) is 0. The topological polar surface area (TPSA) is 86.8 Å². The second kappa shape index (κ2) is 2.43. The zero-order valence-electron chi connectivity index (χ0n) is 4.18. The van der Waals surface area contributed by atoms with Crippen LogP contribution in [0.25, 0.3) is 0 Å². The molecule has 0 aliphatic carbocycles. The molecule has 1 atom stereocenters. The van der Waals surface area contributed by atoms with E-state index in [1.165, 1.54) is 0 Å². The summed E-state index contributed by atoms with van der Waals surface area (Å²) in [5, 5.41) is 24.3. The molecule has 0 spiro atoms. The first kappa shape index (κ1) is 7.12. The highest BCUT2D eigenvalue weighted by molar-refractivity contribution is 4.22. The van der Waals surface area contributed by atoms with E-state index in [9.17, 15) is 10.1 Å². The molecule has 0 bridgehead atoms. The van der Waals surface area contributed by atoms with E-state index in [4.69, 9.17) is 10.3 Å². The Balaban J connectivity index is 3.64. The van der Waals surface area contributed by atoms with Gasteiger partial charge in [-0.15, -0.1) is 0 Å². The Bertz CT molecular complexity index is 92.0. The van der Waals surface area contributed by atoms with Crippen LogP contribution >= 0.6 is 0 Å². The van der Waals surface area contributed by atoms with Crippen molar-refractivity contribution in [3.05, 3.63) is 10.1 Å². The SMILES string of the molecule is CC(O)N(O)[N+](=O)[O-]. The van der Waals surface area contributed by atoms with Gasteiger partial charge in [0.15, 0.2) is 5.03 Å². The summed E-state index contributed by atoms with van der Waals surface area (Å²) >= 11 is 0. The molecule has 0 heterocycles. The van der Waals surface area contributed by atoms with E-state index in [-0.39, 0.29) is 5.17 Å². The minimum absolute atomic E-state index is 0.389. The Morgan fingerprint density at radius 2 is 2.25 bits per heavy atom. The fourth-order valence-electron chi connectivity index (χ4n) is 0.136. The third-order valence-corrected chi connectivity index (χ3v) is 0.502. The second-order valence-corrected chi connectivity index (χ2v) is 1.19. The lowest BCUT2D eigenvalue weighted by atomic mass is 10.7. The van der Waals surface area contributed by atoms with E-state index in [0.717, 1.165) is 6.92 Å². The van der Waals surface area contributed by atoms with Crippen LogP contribution in [-0.4, -0.2) is 26.7 Å². The lowest BCUT2D eigenvalue weighted by Gasteiger charge is -2.06. The standard InChI is InChI=1S/C2H6N2O4/c1-2(5)3(6)4(7)8/h2,5-6H,1H3. The van der Waals surface area contributed by atoms with Crippen LogP contribution in [0.4, 0.5) is 0 Å². The first-order valence-electron chi connectivity index (χ1n) is 1.86. The molecule has 6 heteroatoms. The van der Waals surface area contributed by atoms with Crippen molar-refractivity contribution < 1.29 is 15.3 Å². The van der Waals surface area contributed by atoms with Gasteiger partial charge in [-0.25, -0.2) is 15.3 Å². The van der Waals surface area contributed by atoms with Crippen molar-refractivity contribution in [2.75, 3.05) is 0 Å². The maximum absolute atomic E-state index is 9.46. The van der Waals surface area contributed by atoms with E-state index in [1.54, 1.807) is 0 Å². The van der Waals surface area contributed by atoms with Crippen molar-refractivity contribution in [1.82, 2.24) is 5.17 Å². The summed E-state index contributed by atoms with van der Waals surface area (Å²) in [6.45, 7) is 1.07. The summed E-state index contributed by atoms with van der Waals surface area (Å²) in [5.41, 5.74) is 0. The van der Waals surface area contributed by atoms with Crippen molar-refractivity contribution in [3.63, 3.8) is 0 Å². The highest BCUT2D eigenvalue weighted by Crippen LogP contribution is 1.86. The maximum atomic E-state index is 9.46. The highest BCUT2D eigenvalue weighted by atomic mass is 16.8. The van der Waals surface area contributed by atoms with Gasteiger partial charge in [-0.2, -0.15) is 0 Å². The number of aliphatic hydroxyl groups is 1. The highest BCUT2D eigenvalue weighted by Gasteiger charge is 2.15. The molecule has 1 unspecified atom stereocenters. The molecule has 0 saturated heterocycles. The lowest BCUT2D eigenvalue weighted by Crippen LogP contribution is -2.34. The van der Waals surface area contributed by atoms with Crippen LogP contribution in [0.1, 0.15) is 6.92 Å². The molecule has 0 amide bonds. The summed E-state index contributed by atoms with van der Waals surface area (Å²) < 4.78 is 0. The third kappa shape index (κ3) is 1.71.